The molecule has 0 radical (unpaired) electrons. The first-order valence-electron chi connectivity index (χ1n) is 9.03. The summed E-state index contributed by atoms with van der Waals surface area (Å²) < 4.78 is 6.86. The van der Waals surface area contributed by atoms with Gasteiger partial charge in [0.2, 0.25) is 5.91 Å². The third-order valence-electron chi connectivity index (χ3n) is 4.12. The third kappa shape index (κ3) is 4.64. The van der Waals surface area contributed by atoms with Gasteiger partial charge in [-0.3, -0.25) is 4.79 Å². The van der Waals surface area contributed by atoms with Crippen LogP contribution in [0.4, 0.5) is 10.5 Å². The van der Waals surface area contributed by atoms with Crippen molar-refractivity contribution < 1.29 is 14.3 Å². The summed E-state index contributed by atoms with van der Waals surface area (Å²) in [5.41, 5.74) is 1.89. The first-order valence-corrected chi connectivity index (χ1v) is 10.4. The average Bonchev–Trinajstić information content (AvgIpc) is 3.13. The summed E-state index contributed by atoms with van der Waals surface area (Å²) in [5.74, 6) is 0.277. The van der Waals surface area contributed by atoms with Crippen molar-refractivity contribution in [3.8, 4) is 5.75 Å². The zero-order valence-corrected chi connectivity index (χ0v) is 17.2. The van der Waals surface area contributed by atoms with Crippen LogP contribution in [0.3, 0.4) is 0 Å². The van der Waals surface area contributed by atoms with Gasteiger partial charge in [0.05, 0.1) is 16.8 Å². The Hall–Kier alpha value is -3.29. The van der Waals surface area contributed by atoms with Crippen LogP contribution in [0.1, 0.15) is 0 Å². The average molecular weight is 438 g/mol. The highest BCUT2D eigenvalue weighted by atomic mass is 35.5. The second-order valence-corrected chi connectivity index (χ2v) is 7.62. The first kappa shape index (κ1) is 20.0. The SMILES string of the molecule is O=C(CSc1nc2ccccc2n1C(=O)Oc1ccccc1)Nc1ccc(Cl)cc1. The molecular weight excluding hydrogens is 422 g/mol. The van der Waals surface area contributed by atoms with Gasteiger partial charge in [-0.15, -0.1) is 0 Å². The molecule has 4 rings (SSSR count). The summed E-state index contributed by atoms with van der Waals surface area (Å²) in [6.07, 6.45) is -0.587. The minimum atomic E-state index is -0.587. The second kappa shape index (κ2) is 9.02. The molecule has 3 aromatic carbocycles. The van der Waals surface area contributed by atoms with Crippen LogP contribution in [0.5, 0.6) is 5.75 Å². The minimum absolute atomic E-state index is 0.0740. The number of thioether (sulfide) groups is 1. The number of imidazole rings is 1. The molecule has 8 heteroatoms. The number of anilines is 1. The number of halogens is 1. The number of nitrogens with one attached hydrogen (secondary N) is 1. The molecule has 0 spiro atoms. The van der Waals surface area contributed by atoms with Crippen molar-refractivity contribution in [2.24, 2.45) is 0 Å². The second-order valence-electron chi connectivity index (χ2n) is 6.24. The number of ether oxygens (including phenoxy) is 1. The van der Waals surface area contributed by atoms with Crippen LogP contribution in [0, 0.1) is 0 Å². The lowest BCUT2D eigenvalue weighted by Gasteiger charge is -2.09. The zero-order chi connectivity index (χ0) is 20.9. The molecule has 1 heterocycles. The fourth-order valence-corrected chi connectivity index (χ4v) is 3.70. The van der Waals surface area contributed by atoms with E-state index in [1.165, 1.54) is 4.57 Å². The number of hydrogen-bond acceptors (Lipinski definition) is 5. The summed E-state index contributed by atoms with van der Waals surface area (Å²) in [6, 6.07) is 22.9. The van der Waals surface area contributed by atoms with E-state index in [0.717, 1.165) is 11.8 Å². The van der Waals surface area contributed by atoms with Gasteiger partial charge in [0.25, 0.3) is 0 Å². The van der Waals surface area contributed by atoms with E-state index in [0.29, 0.717) is 32.6 Å². The maximum Gasteiger partial charge on any atom is 0.426 e. The molecule has 1 aromatic heterocycles. The molecule has 0 bridgehead atoms. The van der Waals surface area contributed by atoms with Crippen molar-refractivity contribution in [3.63, 3.8) is 0 Å². The predicted molar refractivity (Wildman–Crippen MR) is 118 cm³/mol. The monoisotopic (exact) mass is 437 g/mol. The van der Waals surface area contributed by atoms with Crippen LogP contribution in [-0.4, -0.2) is 27.3 Å². The zero-order valence-electron chi connectivity index (χ0n) is 15.6. The lowest BCUT2D eigenvalue weighted by Crippen LogP contribution is -2.19. The molecule has 6 nitrogen and oxygen atoms in total. The van der Waals surface area contributed by atoms with E-state index in [1.807, 2.05) is 18.2 Å². The van der Waals surface area contributed by atoms with Crippen LogP contribution < -0.4 is 10.1 Å². The van der Waals surface area contributed by atoms with E-state index in [-0.39, 0.29) is 11.7 Å². The maximum atomic E-state index is 12.9. The van der Waals surface area contributed by atoms with Gasteiger partial charge in [-0.05, 0) is 48.5 Å². The first-order chi connectivity index (χ1) is 14.6. The highest BCUT2D eigenvalue weighted by Gasteiger charge is 2.20. The number of hydrogen-bond donors (Lipinski definition) is 1. The molecule has 0 saturated heterocycles. The summed E-state index contributed by atoms with van der Waals surface area (Å²) in [4.78, 5) is 29.7. The Kier molecular flexibility index (Phi) is 6.02. The summed E-state index contributed by atoms with van der Waals surface area (Å²) in [5, 5.41) is 3.76. The topological polar surface area (TPSA) is 73.2 Å². The Balaban J connectivity index is 1.53. The van der Waals surface area contributed by atoms with Gasteiger partial charge >= 0.3 is 6.09 Å². The van der Waals surface area contributed by atoms with Crippen molar-refractivity contribution in [2.75, 3.05) is 11.1 Å². The van der Waals surface area contributed by atoms with Crippen molar-refractivity contribution in [1.82, 2.24) is 9.55 Å². The van der Waals surface area contributed by atoms with E-state index in [9.17, 15) is 9.59 Å². The van der Waals surface area contributed by atoms with E-state index in [4.69, 9.17) is 16.3 Å². The van der Waals surface area contributed by atoms with Gasteiger partial charge in [-0.2, -0.15) is 0 Å². The van der Waals surface area contributed by atoms with Crippen molar-refractivity contribution in [2.45, 2.75) is 5.16 Å². The molecule has 0 aliphatic carbocycles. The van der Waals surface area contributed by atoms with E-state index in [1.54, 1.807) is 60.7 Å². The van der Waals surface area contributed by atoms with Gasteiger partial charge in [0.15, 0.2) is 5.16 Å². The number of aromatic nitrogens is 2. The Labute approximate surface area is 181 Å². The molecule has 4 aromatic rings. The highest BCUT2D eigenvalue weighted by molar-refractivity contribution is 7.99. The minimum Gasteiger partial charge on any atom is -0.410 e. The number of benzene rings is 3. The molecular formula is C22H16ClN3O3S. The van der Waals surface area contributed by atoms with Gasteiger partial charge < -0.3 is 10.1 Å². The number of fused-ring (bicyclic) bond motifs is 1. The fourth-order valence-electron chi connectivity index (χ4n) is 2.77. The van der Waals surface area contributed by atoms with Crippen LogP contribution in [-0.2, 0) is 4.79 Å². The van der Waals surface area contributed by atoms with Crippen molar-refractivity contribution in [3.05, 3.63) is 83.9 Å². The highest BCUT2D eigenvalue weighted by Crippen LogP contribution is 2.25. The Bertz CT molecular complexity index is 1190. The summed E-state index contributed by atoms with van der Waals surface area (Å²) in [7, 11) is 0. The number of rotatable bonds is 5. The molecule has 30 heavy (non-hydrogen) atoms. The van der Waals surface area contributed by atoms with E-state index < -0.39 is 6.09 Å². The Morgan fingerprint density at radius 3 is 2.43 bits per heavy atom. The van der Waals surface area contributed by atoms with Crippen LogP contribution in [0.25, 0.3) is 11.0 Å². The van der Waals surface area contributed by atoms with E-state index >= 15 is 0 Å². The lowest BCUT2D eigenvalue weighted by molar-refractivity contribution is -0.113. The van der Waals surface area contributed by atoms with Gasteiger partial charge in [-0.25, -0.2) is 14.3 Å². The Morgan fingerprint density at radius 2 is 1.67 bits per heavy atom. The van der Waals surface area contributed by atoms with Crippen molar-refractivity contribution >= 4 is 52.1 Å². The molecule has 0 saturated carbocycles. The fraction of sp³-hybridized carbons (Fsp3) is 0.0455. The van der Waals surface area contributed by atoms with Gasteiger partial charge in [-0.1, -0.05) is 53.7 Å². The van der Waals surface area contributed by atoms with Gasteiger partial charge in [0, 0.05) is 10.7 Å². The van der Waals surface area contributed by atoms with Gasteiger partial charge in [0.1, 0.15) is 5.75 Å². The molecule has 150 valence electrons. The number of amides is 1. The molecule has 0 aliphatic rings. The Morgan fingerprint density at radius 1 is 0.967 bits per heavy atom. The maximum absolute atomic E-state index is 12.9. The van der Waals surface area contributed by atoms with Crippen molar-refractivity contribution in [1.29, 1.82) is 0 Å². The third-order valence-corrected chi connectivity index (χ3v) is 5.31. The van der Waals surface area contributed by atoms with Crippen LogP contribution >= 0.6 is 23.4 Å². The lowest BCUT2D eigenvalue weighted by atomic mass is 10.3. The molecule has 1 amide bonds. The molecule has 0 fully saturated rings. The quantitative estimate of drug-likeness (QED) is 0.419. The normalized spacial score (nSPS) is 10.7. The summed E-state index contributed by atoms with van der Waals surface area (Å²) in [6.45, 7) is 0. The summed E-state index contributed by atoms with van der Waals surface area (Å²) >= 11 is 7.02. The number of carbonyl (C=O) groups excluding carboxylic acids is 2. The van der Waals surface area contributed by atoms with Crippen LogP contribution in [0.2, 0.25) is 5.02 Å². The molecule has 0 atom stereocenters. The standard InChI is InChI=1S/C22H16ClN3O3S/c23-15-10-12-16(13-11-15)24-20(27)14-30-21-25-18-8-4-5-9-19(18)26(21)22(28)29-17-6-2-1-3-7-17/h1-13H,14H2,(H,24,27). The van der Waals surface area contributed by atoms with Crippen LogP contribution in [0.15, 0.2) is 84.0 Å². The van der Waals surface area contributed by atoms with E-state index in [2.05, 4.69) is 10.3 Å². The predicted octanol–water partition coefficient (Wildman–Crippen LogP) is 5.47. The number of nitrogens with zero attached hydrogens (tertiary/aromatic N) is 2. The number of carbonyl (C=O) groups is 2. The molecule has 0 unspecified atom stereocenters. The molecule has 1 N–H and O–H groups in total. The smallest absolute Gasteiger partial charge is 0.410 e. The number of para-hydroxylation sites is 3. The largest absolute Gasteiger partial charge is 0.426 e. The molecule has 0 aliphatic heterocycles.